The second-order valence-electron chi connectivity index (χ2n) is 7.09. The number of carbonyl (C=O) groups excluding carboxylic acids is 1. The lowest BCUT2D eigenvalue weighted by molar-refractivity contribution is -0.133. The summed E-state index contributed by atoms with van der Waals surface area (Å²) < 4.78 is 24.6. The van der Waals surface area contributed by atoms with Crippen molar-refractivity contribution < 1.29 is 18.3 Å². The Morgan fingerprint density at radius 2 is 2.00 bits per heavy atom. The molecule has 3 unspecified atom stereocenters. The first-order chi connectivity index (χ1) is 12.6. The summed E-state index contributed by atoms with van der Waals surface area (Å²) in [4.78, 5) is 14.2. The van der Waals surface area contributed by atoms with E-state index < -0.39 is 0 Å². The van der Waals surface area contributed by atoms with Gasteiger partial charge in [0.15, 0.2) is 0 Å². The summed E-state index contributed by atoms with van der Waals surface area (Å²) in [6, 6.07) is 10.1. The second kappa shape index (κ2) is 7.08. The van der Waals surface area contributed by atoms with Crippen LogP contribution in [0.3, 0.4) is 0 Å². The SMILES string of the molecule is CC1CC1c1ccc(/C=C/C(=O)N2CCOC(c3ccc(F)cc3)C2)o1. The smallest absolute Gasteiger partial charge is 0.246 e. The maximum atomic E-state index is 13.1. The first-order valence-corrected chi connectivity index (χ1v) is 9.04. The molecule has 1 aromatic heterocycles. The average Bonchev–Trinajstić information content (AvgIpc) is 3.20. The van der Waals surface area contributed by atoms with E-state index in [9.17, 15) is 9.18 Å². The number of benzene rings is 1. The van der Waals surface area contributed by atoms with Gasteiger partial charge in [-0.05, 0) is 48.2 Å². The molecule has 3 atom stereocenters. The molecule has 4 rings (SSSR count). The summed E-state index contributed by atoms with van der Waals surface area (Å²) in [5.41, 5.74) is 0.877. The lowest BCUT2D eigenvalue weighted by Crippen LogP contribution is -2.41. The van der Waals surface area contributed by atoms with Crippen molar-refractivity contribution in [2.75, 3.05) is 19.7 Å². The molecule has 0 bridgehead atoms. The number of hydrogen-bond donors (Lipinski definition) is 0. The van der Waals surface area contributed by atoms with Gasteiger partial charge in [-0.25, -0.2) is 4.39 Å². The molecule has 0 spiro atoms. The van der Waals surface area contributed by atoms with Crippen LogP contribution in [0.15, 0.2) is 46.9 Å². The van der Waals surface area contributed by atoms with E-state index in [-0.39, 0.29) is 17.8 Å². The van der Waals surface area contributed by atoms with E-state index >= 15 is 0 Å². The van der Waals surface area contributed by atoms with Crippen LogP contribution in [0.25, 0.3) is 6.08 Å². The van der Waals surface area contributed by atoms with Gasteiger partial charge in [0, 0.05) is 18.5 Å². The number of nitrogens with zero attached hydrogens (tertiary/aromatic N) is 1. The molecule has 1 amide bonds. The predicted molar refractivity (Wildman–Crippen MR) is 95.9 cm³/mol. The maximum absolute atomic E-state index is 13.1. The third-order valence-electron chi connectivity index (χ3n) is 5.13. The van der Waals surface area contributed by atoms with Crippen LogP contribution in [0.1, 0.15) is 42.5 Å². The molecule has 1 saturated heterocycles. The molecule has 26 heavy (non-hydrogen) atoms. The van der Waals surface area contributed by atoms with Gasteiger partial charge in [-0.3, -0.25) is 4.79 Å². The lowest BCUT2D eigenvalue weighted by atomic mass is 10.1. The third kappa shape index (κ3) is 3.73. The van der Waals surface area contributed by atoms with Crippen molar-refractivity contribution in [1.29, 1.82) is 0 Å². The fourth-order valence-electron chi connectivity index (χ4n) is 3.36. The van der Waals surface area contributed by atoms with Gasteiger partial charge < -0.3 is 14.1 Å². The third-order valence-corrected chi connectivity index (χ3v) is 5.13. The van der Waals surface area contributed by atoms with E-state index in [2.05, 4.69) is 6.92 Å². The highest BCUT2D eigenvalue weighted by Crippen LogP contribution is 2.47. The monoisotopic (exact) mass is 355 g/mol. The molecule has 2 aromatic rings. The maximum Gasteiger partial charge on any atom is 0.246 e. The number of morpholine rings is 1. The minimum Gasteiger partial charge on any atom is -0.461 e. The standard InChI is InChI=1S/C21H22FNO3/c1-14-12-18(14)19-8-6-17(26-19)7-9-21(24)23-10-11-25-20(13-23)15-2-4-16(22)5-3-15/h2-9,14,18,20H,10-13H2,1H3/b9-7+. The molecule has 1 aromatic carbocycles. The van der Waals surface area contributed by atoms with Crippen molar-refractivity contribution in [2.24, 2.45) is 5.92 Å². The van der Waals surface area contributed by atoms with Gasteiger partial charge in [0.25, 0.3) is 0 Å². The van der Waals surface area contributed by atoms with Crippen LogP contribution >= 0.6 is 0 Å². The molecule has 2 heterocycles. The molecular weight excluding hydrogens is 333 g/mol. The first-order valence-electron chi connectivity index (χ1n) is 9.04. The highest BCUT2D eigenvalue weighted by atomic mass is 19.1. The largest absolute Gasteiger partial charge is 0.461 e. The summed E-state index contributed by atoms with van der Waals surface area (Å²) in [7, 11) is 0. The van der Waals surface area contributed by atoms with Gasteiger partial charge >= 0.3 is 0 Å². The summed E-state index contributed by atoms with van der Waals surface area (Å²) >= 11 is 0. The molecule has 5 heteroatoms. The Bertz CT molecular complexity index is 811. The van der Waals surface area contributed by atoms with Crippen molar-refractivity contribution in [2.45, 2.75) is 25.4 Å². The fraction of sp³-hybridized carbons (Fsp3) is 0.381. The van der Waals surface area contributed by atoms with E-state index in [0.29, 0.717) is 37.3 Å². The molecule has 1 aliphatic heterocycles. The number of rotatable bonds is 4. The highest BCUT2D eigenvalue weighted by Gasteiger charge is 2.36. The molecule has 1 aliphatic carbocycles. The Labute approximate surface area is 152 Å². The Morgan fingerprint density at radius 1 is 1.23 bits per heavy atom. The van der Waals surface area contributed by atoms with E-state index in [1.807, 2.05) is 12.1 Å². The number of hydrogen-bond acceptors (Lipinski definition) is 3. The summed E-state index contributed by atoms with van der Waals surface area (Å²) in [5.74, 6) is 2.58. The van der Waals surface area contributed by atoms with Crippen LogP contribution in [0, 0.1) is 11.7 Å². The molecule has 4 nitrogen and oxygen atoms in total. The minimum atomic E-state index is -0.279. The van der Waals surface area contributed by atoms with Gasteiger partial charge in [-0.1, -0.05) is 19.1 Å². The van der Waals surface area contributed by atoms with Crippen LogP contribution in [0.5, 0.6) is 0 Å². The number of halogens is 1. The molecule has 136 valence electrons. The van der Waals surface area contributed by atoms with Gasteiger partial charge in [0.05, 0.1) is 13.2 Å². The molecule has 2 aliphatic rings. The fourth-order valence-corrected chi connectivity index (χ4v) is 3.36. The normalized spacial score (nSPS) is 25.6. The Morgan fingerprint density at radius 3 is 2.73 bits per heavy atom. The zero-order valence-corrected chi connectivity index (χ0v) is 14.7. The zero-order valence-electron chi connectivity index (χ0n) is 14.7. The van der Waals surface area contributed by atoms with Crippen LogP contribution in [-0.2, 0) is 9.53 Å². The van der Waals surface area contributed by atoms with Crippen LogP contribution in [-0.4, -0.2) is 30.5 Å². The Balaban J connectivity index is 1.37. The van der Waals surface area contributed by atoms with Crippen molar-refractivity contribution >= 4 is 12.0 Å². The van der Waals surface area contributed by atoms with Gasteiger partial charge in [0.1, 0.15) is 23.4 Å². The molecule has 1 saturated carbocycles. The molecule has 0 N–H and O–H groups in total. The van der Waals surface area contributed by atoms with Crippen molar-refractivity contribution in [1.82, 2.24) is 4.90 Å². The van der Waals surface area contributed by atoms with Crippen LogP contribution < -0.4 is 0 Å². The number of carbonyl (C=O) groups is 1. The highest BCUT2D eigenvalue weighted by molar-refractivity contribution is 5.91. The van der Waals surface area contributed by atoms with E-state index in [0.717, 1.165) is 11.3 Å². The average molecular weight is 355 g/mol. The molecular formula is C21H22FNO3. The summed E-state index contributed by atoms with van der Waals surface area (Å²) in [6.45, 7) is 3.68. The lowest BCUT2D eigenvalue weighted by Gasteiger charge is -2.32. The zero-order chi connectivity index (χ0) is 18.1. The Kier molecular flexibility index (Phi) is 4.64. The van der Waals surface area contributed by atoms with E-state index in [1.54, 1.807) is 29.2 Å². The molecule has 2 fully saturated rings. The number of furan rings is 1. The van der Waals surface area contributed by atoms with E-state index in [1.165, 1.54) is 18.6 Å². The topological polar surface area (TPSA) is 42.7 Å². The number of amides is 1. The number of ether oxygens (including phenoxy) is 1. The summed E-state index contributed by atoms with van der Waals surface area (Å²) in [6.07, 6.45) is 4.22. The summed E-state index contributed by atoms with van der Waals surface area (Å²) in [5, 5.41) is 0. The van der Waals surface area contributed by atoms with Gasteiger partial charge in [0.2, 0.25) is 5.91 Å². The first kappa shape index (κ1) is 17.0. The van der Waals surface area contributed by atoms with Crippen LogP contribution in [0.2, 0.25) is 0 Å². The van der Waals surface area contributed by atoms with Gasteiger partial charge in [-0.2, -0.15) is 0 Å². The minimum absolute atomic E-state index is 0.0712. The van der Waals surface area contributed by atoms with Crippen molar-refractivity contribution in [3.63, 3.8) is 0 Å². The van der Waals surface area contributed by atoms with E-state index in [4.69, 9.17) is 9.15 Å². The predicted octanol–water partition coefficient (Wildman–Crippen LogP) is 4.16. The Hall–Kier alpha value is -2.40. The van der Waals surface area contributed by atoms with Crippen molar-refractivity contribution in [3.8, 4) is 0 Å². The molecule has 0 radical (unpaired) electrons. The van der Waals surface area contributed by atoms with Crippen LogP contribution in [0.4, 0.5) is 4.39 Å². The van der Waals surface area contributed by atoms with Crippen molar-refractivity contribution in [3.05, 3.63) is 65.4 Å². The second-order valence-corrected chi connectivity index (χ2v) is 7.09. The van der Waals surface area contributed by atoms with Gasteiger partial charge in [-0.15, -0.1) is 0 Å². The quantitative estimate of drug-likeness (QED) is 0.774.